The molecule has 0 saturated heterocycles. The van der Waals surface area contributed by atoms with Gasteiger partial charge >= 0.3 is 0 Å². The molecule has 0 bridgehead atoms. The van der Waals surface area contributed by atoms with Gasteiger partial charge in [0.15, 0.2) is 0 Å². The number of imidazole rings is 1. The zero-order valence-corrected chi connectivity index (χ0v) is 14.3. The molecule has 120 valence electrons. The molecular weight excluding hydrogens is 300 g/mol. The first-order chi connectivity index (χ1) is 10.4. The lowest BCUT2D eigenvalue weighted by Gasteiger charge is -2.12. The second-order valence-corrected chi connectivity index (χ2v) is 7.04. The quantitative estimate of drug-likeness (QED) is 0.820. The SMILES string of the molecule is CCCOc1ccc(S(=O)(=O)n2cc(C)nc2CC)cc1C. The maximum atomic E-state index is 12.8. The van der Waals surface area contributed by atoms with Gasteiger partial charge in [-0.2, -0.15) is 0 Å². The zero-order valence-electron chi connectivity index (χ0n) is 13.5. The first-order valence-electron chi connectivity index (χ1n) is 7.44. The van der Waals surface area contributed by atoms with Gasteiger partial charge in [0.1, 0.15) is 11.6 Å². The van der Waals surface area contributed by atoms with Crippen molar-refractivity contribution in [1.82, 2.24) is 8.96 Å². The minimum Gasteiger partial charge on any atom is -0.493 e. The van der Waals surface area contributed by atoms with E-state index in [2.05, 4.69) is 4.98 Å². The molecule has 0 amide bonds. The van der Waals surface area contributed by atoms with Crippen molar-refractivity contribution in [3.05, 3.63) is 41.5 Å². The first kappa shape index (κ1) is 16.5. The van der Waals surface area contributed by atoms with E-state index < -0.39 is 10.0 Å². The van der Waals surface area contributed by atoms with Gasteiger partial charge in [-0.15, -0.1) is 0 Å². The fraction of sp³-hybridized carbons (Fsp3) is 0.438. The summed E-state index contributed by atoms with van der Waals surface area (Å²) in [5.74, 6) is 1.26. The second-order valence-electron chi connectivity index (χ2n) is 5.23. The van der Waals surface area contributed by atoms with Gasteiger partial charge in [-0.1, -0.05) is 13.8 Å². The molecule has 0 spiro atoms. The molecule has 22 heavy (non-hydrogen) atoms. The minimum absolute atomic E-state index is 0.251. The van der Waals surface area contributed by atoms with Crippen molar-refractivity contribution < 1.29 is 13.2 Å². The molecule has 0 N–H and O–H groups in total. The molecule has 2 aromatic rings. The lowest BCUT2D eigenvalue weighted by atomic mass is 10.2. The molecule has 0 radical (unpaired) electrons. The second kappa shape index (κ2) is 6.52. The molecule has 1 aromatic carbocycles. The Morgan fingerprint density at radius 1 is 1.23 bits per heavy atom. The van der Waals surface area contributed by atoms with Crippen molar-refractivity contribution in [3.8, 4) is 5.75 Å². The van der Waals surface area contributed by atoms with Crippen LogP contribution in [-0.4, -0.2) is 24.0 Å². The standard InChI is InChI=1S/C16H22N2O3S/c1-5-9-21-15-8-7-14(10-12(15)3)22(19,20)18-11-13(4)17-16(18)6-2/h7-8,10-11H,5-6,9H2,1-4H3. The largest absolute Gasteiger partial charge is 0.493 e. The topological polar surface area (TPSA) is 61.2 Å². The van der Waals surface area contributed by atoms with E-state index in [0.717, 1.165) is 17.7 Å². The van der Waals surface area contributed by atoms with Gasteiger partial charge in [-0.05, 0) is 44.0 Å². The molecule has 1 aromatic heterocycles. The third kappa shape index (κ3) is 3.16. The molecule has 0 aliphatic heterocycles. The van der Waals surface area contributed by atoms with Crippen LogP contribution in [0.15, 0.2) is 29.3 Å². The molecule has 0 aliphatic carbocycles. The van der Waals surface area contributed by atoms with Crippen LogP contribution in [0.5, 0.6) is 5.75 Å². The fourth-order valence-corrected chi connectivity index (χ4v) is 3.77. The van der Waals surface area contributed by atoms with Crippen LogP contribution in [0.3, 0.4) is 0 Å². The summed E-state index contributed by atoms with van der Waals surface area (Å²) in [6.07, 6.45) is 3.03. The Labute approximate surface area is 132 Å². The summed E-state index contributed by atoms with van der Waals surface area (Å²) in [6.45, 7) is 8.18. The third-order valence-corrected chi connectivity index (χ3v) is 5.03. The van der Waals surface area contributed by atoms with E-state index in [4.69, 9.17) is 4.74 Å². The number of nitrogens with zero attached hydrogens (tertiary/aromatic N) is 2. The van der Waals surface area contributed by atoms with Crippen molar-refractivity contribution in [1.29, 1.82) is 0 Å². The van der Waals surface area contributed by atoms with Crippen molar-refractivity contribution >= 4 is 10.0 Å². The number of ether oxygens (including phenoxy) is 1. The van der Waals surface area contributed by atoms with Crippen LogP contribution in [0.4, 0.5) is 0 Å². The molecule has 0 saturated carbocycles. The van der Waals surface area contributed by atoms with Gasteiger partial charge in [0.05, 0.1) is 17.2 Å². The van der Waals surface area contributed by atoms with Crippen molar-refractivity contribution in [2.75, 3.05) is 6.61 Å². The van der Waals surface area contributed by atoms with Crippen LogP contribution in [0.2, 0.25) is 0 Å². The highest BCUT2D eigenvalue weighted by Gasteiger charge is 2.21. The number of hydrogen-bond acceptors (Lipinski definition) is 4. The zero-order chi connectivity index (χ0) is 16.3. The first-order valence-corrected chi connectivity index (χ1v) is 8.88. The molecule has 0 fully saturated rings. The van der Waals surface area contributed by atoms with Crippen LogP contribution >= 0.6 is 0 Å². The summed E-state index contributed by atoms with van der Waals surface area (Å²) in [5.41, 5.74) is 1.50. The summed E-state index contributed by atoms with van der Waals surface area (Å²) in [4.78, 5) is 4.51. The molecule has 6 heteroatoms. The highest BCUT2D eigenvalue weighted by molar-refractivity contribution is 7.90. The summed E-state index contributed by atoms with van der Waals surface area (Å²) >= 11 is 0. The van der Waals surface area contributed by atoms with E-state index in [1.165, 1.54) is 3.97 Å². The van der Waals surface area contributed by atoms with Crippen molar-refractivity contribution in [3.63, 3.8) is 0 Å². The normalized spacial score (nSPS) is 11.6. The van der Waals surface area contributed by atoms with Gasteiger partial charge in [0.2, 0.25) is 0 Å². The molecule has 0 atom stereocenters. The highest BCUT2D eigenvalue weighted by atomic mass is 32.2. The summed E-state index contributed by atoms with van der Waals surface area (Å²) in [5, 5.41) is 0. The predicted molar refractivity (Wildman–Crippen MR) is 85.9 cm³/mol. The summed E-state index contributed by atoms with van der Waals surface area (Å²) < 4.78 is 32.4. The predicted octanol–water partition coefficient (Wildman–Crippen LogP) is 3.09. The number of aryl methyl sites for hydroxylation is 3. The summed E-state index contributed by atoms with van der Waals surface area (Å²) in [6, 6.07) is 4.95. The van der Waals surface area contributed by atoms with Crippen LogP contribution in [0.25, 0.3) is 0 Å². The lowest BCUT2D eigenvalue weighted by Crippen LogP contribution is -2.15. The van der Waals surface area contributed by atoms with Crippen molar-refractivity contribution in [2.24, 2.45) is 0 Å². The van der Waals surface area contributed by atoms with Crippen LogP contribution in [0.1, 0.15) is 37.4 Å². The van der Waals surface area contributed by atoms with E-state index in [1.807, 2.05) is 20.8 Å². The molecular formula is C16H22N2O3S. The number of hydrogen-bond donors (Lipinski definition) is 0. The average Bonchev–Trinajstić information content (AvgIpc) is 2.87. The monoisotopic (exact) mass is 322 g/mol. The Kier molecular flexibility index (Phi) is 4.90. The van der Waals surface area contributed by atoms with E-state index in [9.17, 15) is 8.42 Å². The highest BCUT2D eigenvalue weighted by Crippen LogP contribution is 2.24. The molecule has 0 aliphatic rings. The van der Waals surface area contributed by atoms with E-state index >= 15 is 0 Å². The molecule has 5 nitrogen and oxygen atoms in total. The maximum absolute atomic E-state index is 12.8. The molecule has 0 unspecified atom stereocenters. The molecule has 2 rings (SSSR count). The Bertz CT molecular complexity index is 764. The number of aromatic nitrogens is 2. The van der Waals surface area contributed by atoms with Gasteiger partial charge < -0.3 is 4.74 Å². The number of benzene rings is 1. The van der Waals surface area contributed by atoms with E-state index in [0.29, 0.717) is 24.5 Å². The Hall–Kier alpha value is -1.82. The fourth-order valence-electron chi connectivity index (χ4n) is 2.24. The smallest absolute Gasteiger partial charge is 0.269 e. The van der Waals surface area contributed by atoms with E-state index in [1.54, 1.807) is 31.3 Å². The van der Waals surface area contributed by atoms with Crippen molar-refractivity contribution in [2.45, 2.75) is 45.4 Å². The minimum atomic E-state index is -3.62. The number of rotatable bonds is 6. The Morgan fingerprint density at radius 2 is 1.95 bits per heavy atom. The average molecular weight is 322 g/mol. The van der Waals surface area contributed by atoms with Gasteiger partial charge in [0.25, 0.3) is 10.0 Å². The maximum Gasteiger partial charge on any atom is 0.269 e. The van der Waals surface area contributed by atoms with Crippen LogP contribution in [-0.2, 0) is 16.4 Å². The van der Waals surface area contributed by atoms with Gasteiger partial charge in [-0.3, -0.25) is 0 Å². The van der Waals surface area contributed by atoms with Gasteiger partial charge in [-0.25, -0.2) is 17.4 Å². The van der Waals surface area contributed by atoms with Crippen LogP contribution in [0, 0.1) is 13.8 Å². The summed E-state index contributed by atoms with van der Waals surface area (Å²) in [7, 11) is -3.62. The Balaban J connectivity index is 2.43. The lowest BCUT2D eigenvalue weighted by molar-refractivity contribution is 0.315. The van der Waals surface area contributed by atoms with Crippen LogP contribution < -0.4 is 4.74 Å². The Morgan fingerprint density at radius 3 is 2.55 bits per heavy atom. The van der Waals surface area contributed by atoms with Gasteiger partial charge in [0, 0.05) is 12.6 Å². The molecule has 1 heterocycles. The third-order valence-electron chi connectivity index (χ3n) is 3.35. The van der Waals surface area contributed by atoms with E-state index in [-0.39, 0.29) is 4.90 Å².